The van der Waals surface area contributed by atoms with E-state index in [4.69, 9.17) is 12.2 Å². The van der Waals surface area contributed by atoms with Crippen molar-refractivity contribution in [2.75, 3.05) is 0 Å². The molecule has 1 aromatic carbocycles. The van der Waals surface area contributed by atoms with Crippen molar-refractivity contribution in [3.8, 4) is 11.4 Å². The Balaban J connectivity index is 2.65. The molecule has 3 nitrogen and oxygen atoms in total. The molecule has 0 saturated carbocycles. The Bertz CT molecular complexity index is 640. The van der Waals surface area contributed by atoms with Crippen molar-refractivity contribution in [1.29, 1.82) is 0 Å². The average Bonchev–Trinajstić information content (AvgIpc) is 2.64. The lowest BCUT2D eigenvalue weighted by Crippen LogP contribution is -2.23. The van der Waals surface area contributed by atoms with Gasteiger partial charge in [-0.05, 0) is 67.1 Å². The van der Waals surface area contributed by atoms with Crippen molar-refractivity contribution in [2.24, 2.45) is 0 Å². The smallest absolute Gasteiger partial charge is 0.195 e. The van der Waals surface area contributed by atoms with Crippen LogP contribution in [0.2, 0.25) is 0 Å². The van der Waals surface area contributed by atoms with Gasteiger partial charge in [0.05, 0.1) is 4.47 Å². The number of hydrogen-bond acceptors (Lipinski definition) is 2. The quantitative estimate of drug-likeness (QED) is 0.793. The summed E-state index contributed by atoms with van der Waals surface area (Å²) in [5.41, 5.74) is 0.473. The summed E-state index contributed by atoms with van der Waals surface area (Å²) in [5, 5.41) is 6.94. The topological polar surface area (TPSA) is 33.6 Å². The minimum Gasteiger partial charge on any atom is -0.295 e. The van der Waals surface area contributed by atoms with Crippen LogP contribution in [0.25, 0.3) is 11.4 Å². The zero-order valence-electron chi connectivity index (χ0n) is 10.3. The molecule has 0 aliphatic carbocycles. The van der Waals surface area contributed by atoms with Gasteiger partial charge in [0.2, 0.25) is 0 Å². The molecule has 1 aromatic heterocycles. The maximum absolute atomic E-state index is 13.6. The highest BCUT2D eigenvalue weighted by Crippen LogP contribution is 2.27. The van der Waals surface area contributed by atoms with Gasteiger partial charge in [-0.25, -0.2) is 4.39 Å². The third kappa shape index (κ3) is 2.40. The van der Waals surface area contributed by atoms with Gasteiger partial charge in [-0.2, -0.15) is 5.10 Å². The minimum absolute atomic E-state index is 0.219. The summed E-state index contributed by atoms with van der Waals surface area (Å²) in [6, 6.07) is 4.91. The fraction of sp³-hybridized carbons (Fsp3) is 0.333. The third-order valence-electron chi connectivity index (χ3n) is 2.52. The molecule has 0 aliphatic heterocycles. The molecular formula is C12H13BrFN3S. The lowest BCUT2D eigenvalue weighted by atomic mass is 10.1. The first-order valence-corrected chi connectivity index (χ1v) is 6.64. The Morgan fingerprint density at radius 2 is 2.06 bits per heavy atom. The Morgan fingerprint density at radius 1 is 1.39 bits per heavy atom. The van der Waals surface area contributed by atoms with E-state index < -0.39 is 0 Å². The van der Waals surface area contributed by atoms with Crippen LogP contribution in [0.15, 0.2) is 22.7 Å². The van der Waals surface area contributed by atoms with Gasteiger partial charge >= 0.3 is 0 Å². The molecule has 0 amide bonds. The summed E-state index contributed by atoms with van der Waals surface area (Å²) < 4.78 is 16.4. The second-order valence-electron chi connectivity index (χ2n) is 4.99. The van der Waals surface area contributed by atoms with Gasteiger partial charge in [0, 0.05) is 11.1 Å². The SMILES string of the molecule is CC(C)(C)n1c(-c2ccc(Br)c(F)c2)n[nH]c1=S. The Kier molecular flexibility index (Phi) is 3.42. The highest BCUT2D eigenvalue weighted by atomic mass is 79.9. The molecule has 0 unspecified atom stereocenters. The van der Waals surface area contributed by atoms with Crippen LogP contribution in [0, 0.1) is 10.6 Å². The Morgan fingerprint density at radius 3 is 2.61 bits per heavy atom. The van der Waals surface area contributed by atoms with E-state index in [1.165, 1.54) is 6.07 Å². The standard InChI is InChI=1S/C12H13BrFN3S/c1-12(2,3)17-10(15-16-11(17)18)7-4-5-8(13)9(14)6-7/h4-6H,1-3H3,(H,16,18). The number of rotatable bonds is 1. The largest absolute Gasteiger partial charge is 0.295 e. The molecule has 2 aromatic rings. The first-order chi connectivity index (χ1) is 8.30. The summed E-state index contributed by atoms with van der Waals surface area (Å²) in [6.45, 7) is 6.07. The van der Waals surface area contributed by atoms with Crippen LogP contribution >= 0.6 is 28.1 Å². The van der Waals surface area contributed by atoms with Gasteiger partial charge in [-0.15, -0.1) is 0 Å². The Labute approximate surface area is 118 Å². The van der Waals surface area contributed by atoms with Crippen LogP contribution in [0.5, 0.6) is 0 Å². The number of benzene rings is 1. The fourth-order valence-electron chi connectivity index (χ4n) is 1.75. The van der Waals surface area contributed by atoms with Gasteiger partial charge in [-0.1, -0.05) is 0 Å². The minimum atomic E-state index is -0.318. The summed E-state index contributed by atoms with van der Waals surface area (Å²) in [4.78, 5) is 0. The van der Waals surface area contributed by atoms with E-state index in [2.05, 4.69) is 26.1 Å². The van der Waals surface area contributed by atoms with Crippen molar-refractivity contribution in [1.82, 2.24) is 14.8 Å². The van der Waals surface area contributed by atoms with Gasteiger partial charge in [-0.3, -0.25) is 9.67 Å². The second-order valence-corrected chi connectivity index (χ2v) is 6.23. The number of H-pyrrole nitrogens is 1. The van der Waals surface area contributed by atoms with Gasteiger partial charge < -0.3 is 0 Å². The van der Waals surface area contributed by atoms with Crippen LogP contribution in [0.3, 0.4) is 0 Å². The van der Waals surface area contributed by atoms with E-state index in [0.29, 0.717) is 20.6 Å². The zero-order chi connectivity index (χ0) is 13.5. The van der Waals surface area contributed by atoms with E-state index in [1.54, 1.807) is 12.1 Å². The van der Waals surface area contributed by atoms with Gasteiger partial charge in [0.15, 0.2) is 10.6 Å². The van der Waals surface area contributed by atoms with Crippen molar-refractivity contribution >= 4 is 28.1 Å². The molecule has 1 heterocycles. The maximum atomic E-state index is 13.6. The molecule has 1 N–H and O–H groups in total. The molecule has 0 fully saturated rings. The molecule has 6 heteroatoms. The first-order valence-electron chi connectivity index (χ1n) is 5.44. The maximum Gasteiger partial charge on any atom is 0.195 e. The monoisotopic (exact) mass is 329 g/mol. The molecule has 2 rings (SSSR count). The summed E-state index contributed by atoms with van der Waals surface area (Å²) in [6.07, 6.45) is 0. The van der Waals surface area contributed by atoms with Crippen molar-refractivity contribution in [2.45, 2.75) is 26.3 Å². The predicted molar refractivity (Wildman–Crippen MR) is 75.5 cm³/mol. The number of nitrogens with zero attached hydrogens (tertiary/aromatic N) is 2. The fourth-order valence-corrected chi connectivity index (χ4v) is 2.40. The van der Waals surface area contributed by atoms with E-state index in [-0.39, 0.29) is 11.4 Å². The van der Waals surface area contributed by atoms with Crippen LogP contribution in [-0.4, -0.2) is 14.8 Å². The Hall–Kier alpha value is -1.01. The van der Waals surface area contributed by atoms with E-state index in [0.717, 1.165) is 0 Å². The lowest BCUT2D eigenvalue weighted by molar-refractivity contribution is 0.395. The molecule has 0 radical (unpaired) electrons. The van der Waals surface area contributed by atoms with E-state index in [9.17, 15) is 4.39 Å². The second kappa shape index (κ2) is 4.59. The van der Waals surface area contributed by atoms with E-state index >= 15 is 0 Å². The van der Waals surface area contributed by atoms with Crippen LogP contribution in [0.1, 0.15) is 20.8 Å². The van der Waals surface area contributed by atoms with Gasteiger partial charge in [0.1, 0.15) is 5.82 Å². The van der Waals surface area contributed by atoms with E-state index in [1.807, 2.05) is 25.3 Å². The molecule has 0 spiro atoms. The number of aromatic nitrogens is 3. The van der Waals surface area contributed by atoms with Crippen LogP contribution in [-0.2, 0) is 5.54 Å². The summed E-state index contributed by atoms with van der Waals surface area (Å²) in [5.74, 6) is 0.320. The number of aromatic amines is 1. The highest BCUT2D eigenvalue weighted by molar-refractivity contribution is 9.10. The van der Waals surface area contributed by atoms with Crippen LogP contribution in [0.4, 0.5) is 4.39 Å². The molecule has 18 heavy (non-hydrogen) atoms. The first kappa shape index (κ1) is 13.4. The van der Waals surface area contributed by atoms with Crippen molar-refractivity contribution in [3.05, 3.63) is 33.3 Å². The normalized spacial score (nSPS) is 11.8. The lowest BCUT2D eigenvalue weighted by Gasteiger charge is -2.22. The van der Waals surface area contributed by atoms with Gasteiger partial charge in [0.25, 0.3) is 0 Å². The molecular weight excluding hydrogens is 317 g/mol. The van der Waals surface area contributed by atoms with Crippen molar-refractivity contribution in [3.63, 3.8) is 0 Å². The molecule has 96 valence electrons. The number of halogens is 2. The number of nitrogens with one attached hydrogen (secondary N) is 1. The molecule has 0 aliphatic rings. The zero-order valence-corrected chi connectivity index (χ0v) is 12.7. The van der Waals surface area contributed by atoms with Crippen molar-refractivity contribution < 1.29 is 4.39 Å². The average molecular weight is 330 g/mol. The highest BCUT2D eigenvalue weighted by Gasteiger charge is 2.20. The third-order valence-corrected chi connectivity index (χ3v) is 3.44. The summed E-state index contributed by atoms with van der Waals surface area (Å²) in [7, 11) is 0. The van der Waals surface area contributed by atoms with Crippen LogP contribution < -0.4 is 0 Å². The predicted octanol–water partition coefficient (Wildman–Crippen LogP) is 4.26. The number of hydrogen-bond donors (Lipinski definition) is 1. The molecule has 0 atom stereocenters. The summed E-state index contributed by atoms with van der Waals surface area (Å²) >= 11 is 8.36. The molecule has 0 bridgehead atoms. The molecule has 0 saturated heterocycles.